The first-order valence-electron chi connectivity index (χ1n) is 9.02. The van der Waals surface area contributed by atoms with Crippen LogP contribution in [0.15, 0.2) is 29.6 Å². The van der Waals surface area contributed by atoms with E-state index in [4.69, 9.17) is 9.47 Å². The summed E-state index contributed by atoms with van der Waals surface area (Å²) < 4.78 is 23.5. The van der Waals surface area contributed by atoms with Gasteiger partial charge in [0, 0.05) is 18.5 Å². The molecule has 2 heterocycles. The van der Waals surface area contributed by atoms with Crippen molar-refractivity contribution < 1.29 is 28.2 Å². The van der Waals surface area contributed by atoms with Crippen LogP contribution < -0.4 is 10.1 Å². The van der Waals surface area contributed by atoms with Crippen molar-refractivity contribution in [1.29, 1.82) is 0 Å². The van der Waals surface area contributed by atoms with Crippen molar-refractivity contribution >= 4 is 34.3 Å². The Balaban J connectivity index is 1.41. The number of halogens is 1. The van der Waals surface area contributed by atoms with Crippen molar-refractivity contribution in [3.63, 3.8) is 0 Å². The van der Waals surface area contributed by atoms with Gasteiger partial charge in [-0.3, -0.25) is 14.4 Å². The van der Waals surface area contributed by atoms with E-state index >= 15 is 0 Å². The minimum absolute atomic E-state index is 0.0121. The number of amides is 2. The molecule has 1 aromatic carbocycles. The van der Waals surface area contributed by atoms with E-state index in [0.717, 1.165) is 0 Å². The number of benzene rings is 1. The van der Waals surface area contributed by atoms with Gasteiger partial charge in [-0.05, 0) is 19.1 Å². The van der Waals surface area contributed by atoms with Gasteiger partial charge in [-0.15, -0.1) is 11.3 Å². The summed E-state index contributed by atoms with van der Waals surface area (Å²) in [5, 5.41) is 4.77. The zero-order chi connectivity index (χ0) is 20.8. The first-order chi connectivity index (χ1) is 14.0. The molecule has 0 radical (unpaired) electrons. The fourth-order valence-electron chi connectivity index (χ4n) is 2.65. The lowest BCUT2D eigenvalue weighted by atomic mass is 9.99. The SMILES string of the molecule is CCOC(=O)Cc1csc(NC(=O)C2CN(C(=O)COc3ccccc3F)C2)n1. The fourth-order valence-corrected chi connectivity index (χ4v) is 3.37. The highest BCUT2D eigenvalue weighted by Gasteiger charge is 2.36. The number of hydrogen-bond donors (Lipinski definition) is 1. The summed E-state index contributed by atoms with van der Waals surface area (Å²) in [5.41, 5.74) is 0.527. The highest BCUT2D eigenvalue weighted by atomic mass is 32.1. The Morgan fingerprint density at radius 2 is 2.07 bits per heavy atom. The van der Waals surface area contributed by atoms with Gasteiger partial charge in [0.15, 0.2) is 23.3 Å². The van der Waals surface area contributed by atoms with E-state index in [1.54, 1.807) is 18.4 Å². The number of para-hydroxylation sites is 1. The monoisotopic (exact) mass is 421 g/mol. The molecule has 0 spiro atoms. The molecule has 0 aliphatic carbocycles. The van der Waals surface area contributed by atoms with Gasteiger partial charge in [-0.1, -0.05) is 12.1 Å². The summed E-state index contributed by atoms with van der Waals surface area (Å²) in [6, 6.07) is 5.84. The standard InChI is InChI=1S/C19H20FN3O5S/c1-2-27-17(25)7-13-11-29-19(21-13)22-18(26)12-8-23(9-12)16(24)10-28-15-6-4-3-5-14(15)20/h3-6,11-12H,2,7-10H2,1H3,(H,21,22,26). The molecule has 8 nitrogen and oxygen atoms in total. The van der Waals surface area contributed by atoms with Gasteiger partial charge in [-0.25, -0.2) is 9.37 Å². The third-order valence-corrected chi connectivity index (χ3v) is 5.01. The first kappa shape index (κ1) is 20.7. The van der Waals surface area contributed by atoms with Crippen LogP contribution in [0.1, 0.15) is 12.6 Å². The third kappa shape index (κ3) is 5.50. The van der Waals surface area contributed by atoms with Gasteiger partial charge >= 0.3 is 5.97 Å². The predicted molar refractivity (Wildman–Crippen MR) is 103 cm³/mol. The minimum Gasteiger partial charge on any atom is -0.481 e. The summed E-state index contributed by atoms with van der Waals surface area (Å²) in [5.74, 6) is -1.82. The smallest absolute Gasteiger partial charge is 0.311 e. The molecule has 1 N–H and O–H groups in total. The van der Waals surface area contributed by atoms with Crippen LogP contribution in [-0.4, -0.2) is 54.0 Å². The number of anilines is 1. The van der Waals surface area contributed by atoms with E-state index in [1.165, 1.54) is 34.4 Å². The van der Waals surface area contributed by atoms with Gasteiger partial charge in [0.1, 0.15) is 0 Å². The molecule has 1 aromatic heterocycles. The fraction of sp³-hybridized carbons (Fsp3) is 0.368. The molecule has 1 aliphatic rings. The number of nitrogens with one attached hydrogen (secondary N) is 1. The van der Waals surface area contributed by atoms with Gasteiger partial charge < -0.3 is 19.7 Å². The summed E-state index contributed by atoms with van der Waals surface area (Å²) in [4.78, 5) is 41.5. The van der Waals surface area contributed by atoms with Crippen molar-refractivity contribution in [1.82, 2.24) is 9.88 Å². The zero-order valence-electron chi connectivity index (χ0n) is 15.7. The van der Waals surface area contributed by atoms with Crippen LogP contribution in [-0.2, 0) is 25.5 Å². The summed E-state index contributed by atoms with van der Waals surface area (Å²) >= 11 is 1.22. The number of aromatic nitrogens is 1. The molecule has 0 atom stereocenters. The maximum Gasteiger partial charge on any atom is 0.311 e. The van der Waals surface area contributed by atoms with E-state index in [2.05, 4.69) is 10.3 Å². The average molecular weight is 421 g/mol. The largest absolute Gasteiger partial charge is 0.481 e. The average Bonchev–Trinajstić information content (AvgIpc) is 3.06. The summed E-state index contributed by atoms with van der Waals surface area (Å²) in [6.45, 7) is 2.25. The van der Waals surface area contributed by atoms with Crippen LogP contribution in [0.25, 0.3) is 0 Å². The van der Waals surface area contributed by atoms with E-state index in [9.17, 15) is 18.8 Å². The number of nitrogens with zero attached hydrogens (tertiary/aromatic N) is 2. The Morgan fingerprint density at radius 1 is 1.31 bits per heavy atom. The maximum atomic E-state index is 13.5. The molecule has 1 saturated heterocycles. The van der Waals surface area contributed by atoms with Crippen molar-refractivity contribution in [2.45, 2.75) is 13.3 Å². The van der Waals surface area contributed by atoms with Gasteiger partial charge in [0.2, 0.25) is 5.91 Å². The van der Waals surface area contributed by atoms with Crippen molar-refractivity contribution in [3.8, 4) is 5.75 Å². The van der Waals surface area contributed by atoms with Gasteiger partial charge in [0.25, 0.3) is 5.91 Å². The number of likely N-dealkylation sites (tertiary alicyclic amines) is 1. The minimum atomic E-state index is -0.535. The molecule has 1 aliphatic heterocycles. The Labute approximate surface area is 170 Å². The predicted octanol–water partition coefficient (Wildman–Crippen LogP) is 1.86. The Morgan fingerprint density at radius 3 is 2.79 bits per heavy atom. The number of esters is 1. The normalized spacial score (nSPS) is 13.5. The number of carbonyl (C=O) groups is 3. The molecule has 154 valence electrons. The molecule has 0 unspecified atom stereocenters. The summed E-state index contributed by atoms with van der Waals surface area (Å²) in [7, 11) is 0. The second-order valence-electron chi connectivity index (χ2n) is 6.33. The quantitative estimate of drug-likeness (QED) is 0.654. The molecule has 0 saturated carbocycles. The molecule has 1 fully saturated rings. The summed E-state index contributed by atoms with van der Waals surface area (Å²) in [6.07, 6.45) is 0.0495. The number of carbonyl (C=O) groups excluding carboxylic acids is 3. The molecular weight excluding hydrogens is 401 g/mol. The van der Waals surface area contributed by atoms with Crippen LogP contribution in [0.5, 0.6) is 5.75 Å². The maximum absolute atomic E-state index is 13.5. The van der Waals surface area contributed by atoms with E-state index in [-0.39, 0.29) is 55.6 Å². The van der Waals surface area contributed by atoms with Crippen molar-refractivity contribution in [2.75, 3.05) is 31.6 Å². The molecular formula is C19H20FN3O5S. The third-order valence-electron chi connectivity index (χ3n) is 4.21. The molecule has 2 aromatic rings. The van der Waals surface area contributed by atoms with E-state index in [0.29, 0.717) is 17.4 Å². The van der Waals surface area contributed by atoms with Crippen LogP contribution >= 0.6 is 11.3 Å². The van der Waals surface area contributed by atoms with Crippen LogP contribution in [0.3, 0.4) is 0 Å². The van der Waals surface area contributed by atoms with Gasteiger partial charge in [-0.2, -0.15) is 0 Å². The van der Waals surface area contributed by atoms with E-state index < -0.39 is 5.82 Å². The van der Waals surface area contributed by atoms with Crippen molar-refractivity contribution in [3.05, 3.63) is 41.2 Å². The van der Waals surface area contributed by atoms with Crippen LogP contribution in [0.2, 0.25) is 0 Å². The second-order valence-corrected chi connectivity index (χ2v) is 7.19. The highest BCUT2D eigenvalue weighted by molar-refractivity contribution is 7.13. The zero-order valence-corrected chi connectivity index (χ0v) is 16.5. The van der Waals surface area contributed by atoms with Gasteiger partial charge in [0.05, 0.1) is 24.6 Å². The highest BCUT2D eigenvalue weighted by Crippen LogP contribution is 2.22. The molecule has 10 heteroatoms. The number of rotatable bonds is 8. The lowest BCUT2D eigenvalue weighted by Gasteiger charge is -2.37. The molecule has 2 amide bonds. The molecule has 29 heavy (non-hydrogen) atoms. The Bertz CT molecular complexity index is 897. The Hall–Kier alpha value is -3.01. The van der Waals surface area contributed by atoms with Crippen LogP contribution in [0, 0.1) is 11.7 Å². The van der Waals surface area contributed by atoms with Crippen LogP contribution in [0.4, 0.5) is 9.52 Å². The topological polar surface area (TPSA) is 97.8 Å². The Kier molecular flexibility index (Phi) is 6.76. The number of ether oxygens (including phenoxy) is 2. The number of hydrogen-bond acceptors (Lipinski definition) is 7. The lowest BCUT2D eigenvalue weighted by molar-refractivity contribution is -0.143. The first-order valence-corrected chi connectivity index (χ1v) is 9.90. The lowest BCUT2D eigenvalue weighted by Crippen LogP contribution is -2.55. The molecule has 0 bridgehead atoms. The second kappa shape index (κ2) is 9.46. The van der Waals surface area contributed by atoms with E-state index in [1.807, 2.05) is 0 Å². The molecule has 3 rings (SSSR count). The van der Waals surface area contributed by atoms with Crippen molar-refractivity contribution in [2.24, 2.45) is 5.92 Å². The number of thiazole rings is 1.